The van der Waals surface area contributed by atoms with Crippen LogP contribution >= 0.6 is 0 Å². The van der Waals surface area contributed by atoms with Crippen molar-refractivity contribution in [2.75, 3.05) is 63.0 Å². The van der Waals surface area contributed by atoms with Crippen molar-refractivity contribution >= 4 is 21.6 Å². The summed E-state index contributed by atoms with van der Waals surface area (Å²) in [6.45, 7) is 12.6. The molecule has 6 heterocycles. The van der Waals surface area contributed by atoms with Crippen molar-refractivity contribution in [2.24, 2.45) is 0 Å². The van der Waals surface area contributed by atoms with Crippen LogP contribution in [0.25, 0.3) is 0 Å². The maximum atomic E-state index is 14.3. The average molecular weight is 736 g/mol. The van der Waals surface area contributed by atoms with E-state index in [1.54, 1.807) is 11.1 Å². The molecule has 52 heavy (non-hydrogen) atoms. The van der Waals surface area contributed by atoms with Gasteiger partial charge in [-0.15, -0.1) is 0 Å². The molecule has 12 nitrogen and oxygen atoms in total. The van der Waals surface area contributed by atoms with Gasteiger partial charge in [0.05, 0.1) is 22.3 Å². The molecule has 0 atom stereocenters. The molecule has 1 amide bonds. The van der Waals surface area contributed by atoms with Crippen LogP contribution in [0.1, 0.15) is 74.5 Å². The van der Waals surface area contributed by atoms with Crippen molar-refractivity contribution in [2.45, 2.75) is 82.7 Å². The van der Waals surface area contributed by atoms with Crippen molar-refractivity contribution in [1.29, 1.82) is 0 Å². The summed E-state index contributed by atoms with van der Waals surface area (Å²) in [5.41, 5.74) is 2.41. The lowest BCUT2D eigenvalue weighted by Crippen LogP contribution is -2.64. The Morgan fingerprint density at radius 2 is 1.85 bits per heavy atom. The van der Waals surface area contributed by atoms with Gasteiger partial charge in [-0.05, 0) is 77.4 Å². The highest BCUT2D eigenvalue weighted by molar-refractivity contribution is 7.93. The Balaban J connectivity index is 0.943. The van der Waals surface area contributed by atoms with Crippen molar-refractivity contribution in [3.63, 3.8) is 0 Å². The SMILES string of the molecule is CCN(C(=O)c1cc(F)ccc1Oc1cncnc1N1CCC(Oc2ccnc3c2CN(CCCN2CC4(CCCS4(=O)=O)C2)CC3)CC1)C(C)C. The van der Waals surface area contributed by atoms with E-state index < -0.39 is 20.4 Å². The maximum Gasteiger partial charge on any atom is 0.257 e. The van der Waals surface area contributed by atoms with Gasteiger partial charge in [0.25, 0.3) is 5.91 Å². The molecule has 0 saturated carbocycles. The standard InChI is InChI=1S/C38H50FN7O5S/c1-4-46(27(2)3)37(47)30-21-28(39)7-8-33(30)51-35-22-40-26-42-36(35)45-18-10-29(11-19-45)50-34-9-14-41-32-12-17-43(23-31(32)34)15-6-16-44-24-38(25-44)13-5-20-52(38,48)49/h7-9,14,21-22,26-27,29H,4-6,10-13,15-20,23-25H2,1-3H3. The molecule has 4 aliphatic heterocycles. The Labute approximate surface area is 306 Å². The Hall–Kier alpha value is -3.88. The van der Waals surface area contributed by atoms with Gasteiger partial charge in [0.15, 0.2) is 21.4 Å². The zero-order valence-electron chi connectivity index (χ0n) is 30.5. The first-order valence-electron chi connectivity index (χ1n) is 18.7. The van der Waals surface area contributed by atoms with Gasteiger partial charge in [0.1, 0.15) is 29.7 Å². The molecule has 14 heteroatoms. The Bertz CT molecular complexity index is 1860. The van der Waals surface area contributed by atoms with E-state index in [1.165, 1.54) is 24.5 Å². The molecule has 280 valence electrons. The molecule has 7 rings (SSSR count). The van der Waals surface area contributed by atoms with Crippen LogP contribution in [-0.2, 0) is 22.8 Å². The average Bonchev–Trinajstić information content (AvgIpc) is 3.44. The number of benzene rings is 1. The molecular formula is C38H50FN7O5S. The molecule has 0 N–H and O–H groups in total. The second-order valence-electron chi connectivity index (χ2n) is 14.9. The molecule has 0 bridgehead atoms. The molecule has 1 aromatic carbocycles. The number of piperidine rings is 1. The molecule has 1 spiro atoms. The summed E-state index contributed by atoms with van der Waals surface area (Å²) < 4.78 is 51.8. The van der Waals surface area contributed by atoms with Crippen LogP contribution in [0, 0.1) is 5.82 Å². The Morgan fingerprint density at radius 1 is 1.06 bits per heavy atom. The van der Waals surface area contributed by atoms with Gasteiger partial charge in [-0.2, -0.15) is 0 Å². The minimum atomic E-state index is -2.93. The van der Waals surface area contributed by atoms with E-state index in [4.69, 9.17) is 9.47 Å². The van der Waals surface area contributed by atoms with Crippen LogP contribution < -0.4 is 14.4 Å². The summed E-state index contributed by atoms with van der Waals surface area (Å²) in [5, 5.41) is 0. The summed E-state index contributed by atoms with van der Waals surface area (Å²) in [7, 11) is -2.93. The monoisotopic (exact) mass is 735 g/mol. The zero-order chi connectivity index (χ0) is 36.5. The molecule has 0 unspecified atom stereocenters. The Morgan fingerprint density at radius 3 is 2.58 bits per heavy atom. The minimum Gasteiger partial charge on any atom is -0.490 e. The summed E-state index contributed by atoms with van der Waals surface area (Å²) >= 11 is 0. The second kappa shape index (κ2) is 15.2. The van der Waals surface area contributed by atoms with E-state index in [2.05, 4.69) is 29.7 Å². The predicted octanol–water partition coefficient (Wildman–Crippen LogP) is 4.73. The summed E-state index contributed by atoms with van der Waals surface area (Å²) in [6.07, 6.45) is 9.98. The molecule has 0 aliphatic carbocycles. The predicted molar refractivity (Wildman–Crippen MR) is 196 cm³/mol. The quantitative estimate of drug-likeness (QED) is 0.257. The number of likely N-dealkylation sites (tertiary alicyclic amines) is 1. The van der Waals surface area contributed by atoms with E-state index in [-0.39, 0.29) is 29.4 Å². The number of carbonyl (C=O) groups is 1. The van der Waals surface area contributed by atoms with Crippen molar-refractivity contribution in [3.8, 4) is 17.2 Å². The molecule has 4 aliphatic rings. The number of hydrogen-bond acceptors (Lipinski definition) is 11. The first-order valence-corrected chi connectivity index (χ1v) is 20.3. The maximum absolute atomic E-state index is 14.3. The molecule has 0 radical (unpaired) electrons. The van der Waals surface area contributed by atoms with E-state index >= 15 is 0 Å². The van der Waals surface area contributed by atoms with Crippen molar-refractivity contribution in [1.82, 2.24) is 29.7 Å². The number of rotatable bonds is 12. The van der Waals surface area contributed by atoms with Gasteiger partial charge in [-0.25, -0.2) is 22.8 Å². The number of nitrogens with zero attached hydrogens (tertiary/aromatic N) is 7. The lowest BCUT2D eigenvalue weighted by molar-refractivity contribution is 0.0713. The number of ether oxygens (including phenoxy) is 2. The number of anilines is 1. The number of carbonyl (C=O) groups excluding carboxylic acids is 1. The third kappa shape index (κ3) is 7.47. The smallest absolute Gasteiger partial charge is 0.257 e. The van der Waals surface area contributed by atoms with Crippen LogP contribution in [0.3, 0.4) is 0 Å². The number of sulfone groups is 1. The number of hydrogen-bond donors (Lipinski definition) is 0. The molecule has 3 aromatic rings. The third-order valence-electron chi connectivity index (χ3n) is 11.1. The van der Waals surface area contributed by atoms with Gasteiger partial charge in [-0.3, -0.25) is 14.7 Å². The van der Waals surface area contributed by atoms with Crippen molar-refractivity contribution < 1.29 is 27.1 Å². The van der Waals surface area contributed by atoms with E-state index in [0.29, 0.717) is 50.0 Å². The van der Waals surface area contributed by atoms with Gasteiger partial charge in [-0.1, -0.05) is 0 Å². The molecule has 3 fully saturated rings. The number of amides is 1. The fourth-order valence-corrected chi connectivity index (χ4v) is 10.5. The summed E-state index contributed by atoms with van der Waals surface area (Å²) in [6, 6.07) is 5.92. The van der Waals surface area contributed by atoms with Crippen LogP contribution in [-0.4, -0.2) is 119 Å². The lowest BCUT2D eigenvalue weighted by atomic mass is 9.94. The molecule has 3 saturated heterocycles. The second-order valence-corrected chi connectivity index (χ2v) is 17.4. The number of aromatic nitrogens is 3. The van der Waals surface area contributed by atoms with E-state index in [0.717, 1.165) is 81.7 Å². The highest BCUT2D eigenvalue weighted by Gasteiger charge is 2.55. The van der Waals surface area contributed by atoms with Gasteiger partial charge in [0, 0.05) is 88.6 Å². The topological polar surface area (TPSA) is 121 Å². The van der Waals surface area contributed by atoms with Crippen LogP contribution in [0.5, 0.6) is 17.2 Å². The molecular weight excluding hydrogens is 686 g/mol. The fourth-order valence-electron chi connectivity index (χ4n) is 8.28. The first-order chi connectivity index (χ1) is 25.1. The number of pyridine rings is 1. The minimum absolute atomic E-state index is 0.0207. The number of halogens is 1. The molecule has 2 aromatic heterocycles. The number of fused-ring (bicyclic) bond motifs is 1. The van der Waals surface area contributed by atoms with E-state index in [1.807, 2.05) is 33.0 Å². The fraction of sp³-hybridized carbons (Fsp3) is 0.579. The zero-order valence-corrected chi connectivity index (χ0v) is 31.3. The lowest BCUT2D eigenvalue weighted by Gasteiger charge is -2.47. The van der Waals surface area contributed by atoms with Crippen molar-refractivity contribution in [3.05, 3.63) is 65.6 Å². The Kier molecular flexibility index (Phi) is 10.7. The van der Waals surface area contributed by atoms with Crippen LogP contribution in [0.15, 0.2) is 43.0 Å². The van der Waals surface area contributed by atoms with Gasteiger partial charge >= 0.3 is 0 Å². The highest BCUT2D eigenvalue weighted by atomic mass is 32.2. The summed E-state index contributed by atoms with van der Waals surface area (Å²) in [5.74, 6) is 1.71. The first kappa shape index (κ1) is 36.5. The van der Waals surface area contributed by atoms with Gasteiger partial charge < -0.3 is 24.2 Å². The third-order valence-corrected chi connectivity index (χ3v) is 13.7. The van der Waals surface area contributed by atoms with E-state index in [9.17, 15) is 17.6 Å². The van der Waals surface area contributed by atoms with Crippen LogP contribution in [0.4, 0.5) is 10.2 Å². The summed E-state index contributed by atoms with van der Waals surface area (Å²) in [4.78, 5) is 35.4. The van der Waals surface area contributed by atoms with Crippen LogP contribution in [0.2, 0.25) is 0 Å². The normalized spacial score (nSPS) is 20.1. The highest BCUT2D eigenvalue weighted by Crippen LogP contribution is 2.40. The largest absolute Gasteiger partial charge is 0.490 e. The van der Waals surface area contributed by atoms with Gasteiger partial charge in [0.2, 0.25) is 0 Å².